The number of rotatable bonds is 3. The molecule has 0 radical (unpaired) electrons. The van der Waals surface area contributed by atoms with E-state index in [2.05, 4.69) is 15.1 Å². The molecular weight excluding hydrogens is 354 g/mol. The first-order valence-electron chi connectivity index (χ1n) is 7.25. The van der Waals surface area contributed by atoms with Crippen molar-refractivity contribution in [3.63, 3.8) is 0 Å². The highest BCUT2D eigenvalue weighted by Gasteiger charge is 2.41. The minimum absolute atomic E-state index is 0.230. The Morgan fingerprint density at radius 2 is 1.73 bits per heavy atom. The number of hydrogen-bond donors (Lipinski definition) is 0. The largest absolute Gasteiger partial charge is 0.434 e. The summed E-state index contributed by atoms with van der Waals surface area (Å²) in [5.74, 6) is -1.80. The fourth-order valence-electron chi connectivity index (χ4n) is 2.29. The molecule has 0 aliphatic heterocycles. The molecule has 3 aromatic rings. The van der Waals surface area contributed by atoms with E-state index in [0.29, 0.717) is 4.68 Å². The van der Waals surface area contributed by atoms with Crippen LogP contribution in [0.3, 0.4) is 0 Å². The zero-order valence-electron chi connectivity index (χ0n) is 13.3. The molecule has 1 aromatic carbocycles. The van der Waals surface area contributed by atoms with Gasteiger partial charge in [-0.3, -0.25) is 4.79 Å². The number of carbonyl (C=O) groups excluding carboxylic acids is 1. The molecule has 26 heavy (non-hydrogen) atoms. The van der Waals surface area contributed by atoms with Crippen LogP contribution in [0.15, 0.2) is 48.9 Å². The molecule has 0 bridgehead atoms. The molecule has 2 aromatic heterocycles. The van der Waals surface area contributed by atoms with Gasteiger partial charge in [0.05, 0.1) is 11.8 Å². The van der Waals surface area contributed by atoms with Crippen molar-refractivity contribution in [1.82, 2.24) is 19.7 Å². The van der Waals surface area contributed by atoms with Gasteiger partial charge < -0.3 is 4.90 Å². The summed E-state index contributed by atoms with van der Waals surface area (Å²) < 4.78 is 54.2. The van der Waals surface area contributed by atoms with Gasteiger partial charge in [0.2, 0.25) is 0 Å². The van der Waals surface area contributed by atoms with Crippen molar-refractivity contribution >= 4 is 11.6 Å². The van der Waals surface area contributed by atoms with Gasteiger partial charge in [-0.25, -0.2) is 14.4 Å². The predicted octanol–water partition coefficient (Wildman–Crippen LogP) is 3.10. The quantitative estimate of drug-likeness (QED) is 0.669. The van der Waals surface area contributed by atoms with Gasteiger partial charge in [0.25, 0.3) is 11.9 Å². The fraction of sp³-hybridized carbons (Fsp3) is 0.125. The molecule has 0 spiro atoms. The zero-order valence-corrected chi connectivity index (χ0v) is 13.3. The molecule has 0 unspecified atom stereocenters. The van der Waals surface area contributed by atoms with Crippen LogP contribution in [0.5, 0.6) is 0 Å². The molecule has 6 nitrogen and oxygen atoms in total. The Hall–Kier alpha value is -3.30. The molecule has 0 saturated carbocycles. The van der Waals surface area contributed by atoms with Gasteiger partial charge in [0, 0.05) is 25.1 Å². The first kappa shape index (κ1) is 17.5. The molecule has 0 N–H and O–H groups in total. The number of anilines is 1. The Morgan fingerprint density at radius 1 is 1.12 bits per heavy atom. The van der Waals surface area contributed by atoms with E-state index in [1.54, 1.807) is 0 Å². The number of carbonyl (C=O) groups is 1. The number of benzene rings is 1. The van der Waals surface area contributed by atoms with Crippen LogP contribution in [0.2, 0.25) is 0 Å². The van der Waals surface area contributed by atoms with Crippen molar-refractivity contribution in [1.29, 1.82) is 0 Å². The lowest BCUT2D eigenvalue weighted by Gasteiger charge is -2.18. The number of hydrogen-bond acceptors (Lipinski definition) is 4. The van der Waals surface area contributed by atoms with Crippen molar-refractivity contribution in [2.75, 3.05) is 11.9 Å². The summed E-state index contributed by atoms with van der Waals surface area (Å²) in [5.41, 5.74) is -1.73. The van der Waals surface area contributed by atoms with E-state index in [0.717, 1.165) is 23.2 Å². The molecule has 0 aliphatic carbocycles. The lowest BCUT2D eigenvalue weighted by atomic mass is 10.2. The van der Waals surface area contributed by atoms with Gasteiger partial charge in [0.15, 0.2) is 5.69 Å². The Morgan fingerprint density at radius 3 is 2.31 bits per heavy atom. The lowest BCUT2D eigenvalue weighted by Crippen LogP contribution is -2.29. The first-order valence-corrected chi connectivity index (χ1v) is 7.25. The van der Waals surface area contributed by atoms with Gasteiger partial charge in [0.1, 0.15) is 5.82 Å². The second-order valence-corrected chi connectivity index (χ2v) is 5.21. The Bertz CT molecular complexity index is 922. The third-order valence-corrected chi connectivity index (χ3v) is 3.53. The topological polar surface area (TPSA) is 63.9 Å². The first-order chi connectivity index (χ1) is 12.3. The van der Waals surface area contributed by atoms with Crippen molar-refractivity contribution in [3.05, 3.63) is 66.0 Å². The van der Waals surface area contributed by atoms with E-state index in [9.17, 15) is 22.4 Å². The van der Waals surface area contributed by atoms with Crippen molar-refractivity contribution in [2.24, 2.45) is 0 Å². The van der Waals surface area contributed by atoms with Gasteiger partial charge in [-0.15, -0.1) is 0 Å². The van der Waals surface area contributed by atoms with E-state index < -0.39 is 29.2 Å². The van der Waals surface area contributed by atoms with Crippen LogP contribution in [0.25, 0.3) is 5.95 Å². The SMILES string of the molecule is CN(C(=O)c1cnn(-c2ncccn2)c1C(F)(F)F)c1ccc(F)cc1. The van der Waals surface area contributed by atoms with Crippen LogP contribution < -0.4 is 4.90 Å². The molecule has 1 amide bonds. The fourth-order valence-corrected chi connectivity index (χ4v) is 2.29. The maximum Gasteiger partial charge on any atom is 0.434 e. The summed E-state index contributed by atoms with van der Waals surface area (Å²) in [7, 11) is 1.28. The molecule has 3 rings (SSSR count). The van der Waals surface area contributed by atoms with Crippen LogP contribution >= 0.6 is 0 Å². The highest BCUT2D eigenvalue weighted by atomic mass is 19.4. The van der Waals surface area contributed by atoms with Crippen molar-refractivity contribution in [3.8, 4) is 5.95 Å². The third kappa shape index (κ3) is 3.25. The Labute approximate surface area is 144 Å². The summed E-state index contributed by atoms with van der Waals surface area (Å²) in [6, 6.07) is 6.21. The minimum Gasteiger partial charge on any atom is -0.311 e. The second-order valence-electron chi connectivity index (χ2n) is 5.21. The summed E-state index contributed by atoms with van der Waals surface area (Å²) in [6.07, 6.45) is -1.54. The lowest BCUT2D eigenvalue weighted by molar-refractivity contribution is -0.143. The molecule has 0 fully saturated rings. The average Bonchev–Trinajstić information content (AvgIpc) is 3.07. The molecule has 2 heterocycles. The number of nitrogens with zero attached hydrogens (tertiary/aromatic N) is 5. The highest BCUT2D eigenvalue weighted by Crippen LogP contribution is 2.34. The smallest absolute Gasteiger partial charge is 0.311 e. The average molecular weight is 365 g/mol. The van der Waals surface area contributed by atoms with E-state index in [-0.39, 0.29) is 11.6 Å². The van der Waals surface area contributed by atoms with Crippen molar-refractivity contribution < 1.29 is 22.4 Å². The molecule has 10 heteroatoms. The van der Waals surface area contributed by atoms with Gasteiger partial charge in [-0.2, -0.15) is 23.0 Å². The highest BCUT2D eigenvalue weighted by molar-refractivity contribution is 6.06. The van der Waals surface area contributed by atoms with Gasteiger partial charge >= 0.3 is 6.18 Å². The third-order valence-electron chi connectivity index (χ3n) is 3.53. The number of halogens is 4. The molecule has 0 atom stereocenters. The molecule has 0 saturated heterocycles. The number of amides is 1. The van der Waals surface area contributed by atoms with Crippen LogP contribution in [0.4, 0.5) is 23.2 Å². The summed E-state index contributed by atoms with van der Waals surface area (Å²) >= 11 is 0. The normalized spacial score (nSPS) is 11.4. The zero-order chi connectivity index (χ0) is 18.9. The summed E-state index contributed by atoms with van der Waals surface area (Å²) in [6.45, 7) is 0. The van der Waals surface area contributed by atoms with Crippen LogP contribution in [0.1, 0.15) is 16.1 Å². The van der Waals surface area contributed by atoms with E-state index in [1.165, 1.54) is 37.6 Å². The Balaban J connectivity index is 2.06. The van der Waals surface area contributed by atoms with Crippen LogP contribution in [0, 0.1) is 5.82 Å². The maximum atomic E-state index is 13.6. The monoisotopic (exact) mass is 365 g/mol. The van der Waals surface area contributed by atoms with Crippen LogP contribution in [-0.2, 0) is 6.18 Å². The molecular formula is C16H11F4N5O. The number of aromatic nitrogens is 4. The summed E-state index contributed by atoms with van der Waals surface area (Å²) in [4.78, 5) is 21.0. The maximum absolute atomic E-state index is 13.6. The number of alkyl halides is 3. The van der Waals surface area contributed by atoms with Crippen molar-refractivity contribution in [2.45, 2.75) is 6.18 Å². The second kappa shape index (κ2) is 6.54. The summed E-state index contributed by atoms with van der Waals surface area (Å²) in [5, 5.41) is 3.63. The predicted molar refractivity (Wildman–Crippen MR) is 83.3 cm³/mol. The van der Waals surface area contributed by atoms with E-state index >= 15 is 0 Å². The minimum atomic E-state index is -4.87. The van der Waals surface area contributed by atoms with Gasteiger partial charge in [-0.1, -0.05) is 0 Å². The van der Waals surface area contributed by atoms with E-state index in [4.69, 9.17) is 0 Å². The van der Waals surface area contributed by atoms with Gasteiger partial charge in [-0.05, 0) is 30.3 Å². The standard InChI is InChI=1S/C16H11F4N5O/c1-24(11-5-3-10(17)4-6-11)14(26)12-9-23-25(13(12)16(18,19)20)15-21-7-2-8-22-15/h2-9H,1H3. The molecule has 0 aliphatic rings. The van der Waals surface area contributed by atoms with Crippen LogP contribution in [-0.4, -0.2) is 32.7 Å². The van der Waals surface area contributed by atoms with E-state index in [1.807, 2.05) is 0 Å². The molecule has 134 valence electrons. The Kier molecular flexibility index (Phi) is 4.41.